The molecular weight excluding hydrogens is 337 g/mol. The van der Waals surface area contributed by atoms with Crippen LogP contribution in [0.3, 0.4) is 0 Å². The number of nitrogens with one attached hydrogen (secondary N) is 1. The molecule has 1 N–H and O–H groups in total. The van der Waals surface area contributed by atoms with Gasteiger partial charge in [-0.2, -0.15) is 0 Å². The molecule has 134 valence electrons. The quantitative estimate of drug-likeness (QED) is 0.649. The summed E-state index contributed by atoms with van der Waals surface area (Å²) in [6.45, 7) is 1.01. The highest BCUT2D eigenvalue weighted by molar-refractivity contribution is 6.31. The molecule has 0 unspecified atom stereocenters. The second-order valence-corrected chi connectivity index (χ2v) is 7.11. The Labute approximate surface area is 154 Å². The lowest BCUT2D eigenvalue weighted by molar-refractivity contribution is 0.300. The molecule has 0 heterocycles. The van der Waals surface area contributed by atoms with Gasteiger partial charge in [-0.1, -0.05) is 55.5 Å². The van der Waals surface area contributed by atoms with E-state index in [0.717, 1.165) is 12.3 Å². The van der Waals surface area contributed by atoms with Gasteiger partial charge in [-0.3, -0.25) is 0 Å². The highest BCUT2D eigenvalue weighted by Crippen LogP contribution is 2.22. The van der Waals surface area contributed by atoms with Crippen LogP contribution in [0.2, 0.25) is 5.02 Å². The fourth-order valence-corrected chi connectivity index (χ4v) is 3.49. The minimum Gasteiger partial charge on any atom is -0.489 e. The first-order valence-electron chi connectivity index (χ1n) is 9.10. The Kier molecular flexibility index (Phi) is 6.71. The van der Waals surface area contributed by atoms with E-state index < -0.39 is 0 Å². The van der Waals surface area contributed by atoms with E-state index in [-0.39, 0.29) is 12.4 Å². The van der Waals surface area contributed by atoms with Crippen molar-refractivity contribution in [2.45, 2.75) is 57.7 Å². The maximum atomic E-state index is 13.8. The van der Waals surface area contributed by atoms with E-state index in [4.69, 9.17) is 16.3 Å². The van der Waals surface area contributed by atoms with E-state index in [0.29, 0.717) is 16.6 Å². The van der Waals surface area contributed by atoms with Crippen LogP contribution in [-0.2, 0) is 13.2 Å². The molecule has 0 aliphatic heterocycles. The average Bonchev–Trinajstić information content (AvgIpc) is 2.89. The number of rotatable bonds is 6. The molecule has 2 aromatic rings. The Morgan fingerprint density at radius 3 is 2.40 bits per heavy atom. The van der Waals surface area contributed by atoms with Gasteiger partial charge in [-0.05, 0) is 42.7 Å². The third-order valence-corrected chi connectivity index (χ3v) is 5.17. The van der Waals surface area contributed by atoms with E-state index in [9.17, 15) is 4.39 Å². The molecule has 25 heavy (non-hydrogen) atoms. The smallest absolute Gasteiger partial charge is 0.131 e. The van der Waals surface area contributed by atoms with Crippen molar-refractivity contribution in [3.05, 3.63) is 64.4 Å². The third kappa shape index (κ3) is 5.45. The first kappa shape index (κ1) is 18.2. The van der Waals surface area contributed by atoms with Crippen LogP contribution in [0.1, 0.15) is 49.7 Å². The molecule has 1 aliphatic rings. The zero-order valence-electron chi connectivity index (χ0n) is 14.4. The van der Waals surface area contributed by atoms with Gasteiger partial charge < -0.3 is 10.1 Å². The first-order valence-corrected chi connectivity index (χ1v) is 9.48. The van der Waals surface area contributed by atoms with Gasteiger partial charge in [0.1, 0.15) is 18.2 Å². The van der Waals surface area contributed by atoms with Crippen molar-refractivity contribution in [1.29, 1.82) is 0 Å². The van der Waals surface area contributed by atoms with Gasteiger partial charge in [0.25, 0.3) is 0 Å². The van der Waals surface area contributed by atoms with Crippen LogP contribution in [0.4, 0.5) is 4.39 Å². The standard InChI is InChI=1S/C21H25ClFNO/c22-20-8-5-9-21(23)19(20)15-25-18-12-10-16(11-13-18)14-24-17-6-3-1-2-4-7-17/h5,8-13,17,24H,1-4,6-7,14-15H2. The van der Waals surface area contributed by atoms with E-state index >= 15 is 0 Å². The van der Waals surface area contributed by atoms with Crippen molar-refractivity contribution < 1.29 is 9.13 Å². The van der Waals surface area contributed by atoms with Crippen molar-refractivity contribution in [2.75, 3.05) is 0 Å². The number of halogens is 2. The predicted molar refractivity (Wildman–Crippen MR) is 101 cm³/mol. The van der Waals surface area contributed by atoms with Crippen LogP contribution >= 0.6 is 11.6 Å². The second kappa shape index (κ2) is 9.21. The Hall–Kier alpha value is -1.58. The van der Waals surface area contributed by atoms with Crippen molar-refractivity contribution in [3.8, 4) is 5.75 Å². The normalized spacial score (nSPS) is 15.8. The number of hydrogen-bond acceptors (Lipinski definition) is 2. The third-order valence-electron chi connectivity index (χ3n) is 4.82. The van der Waals surface area contributed by atoms with Gasteiger partial charge in [0, 0.05) is 18.2 Å². The van der Waals surface area contributed by atoms with E-state index in [2.05, 4.69) is 17.4 Å². The average molecular weight is 362 g/mol. The molecule has 0 bridgehead atoms. The number of hydrogen-bond donors (Lipinski definition) is 1. The summed E-state index contributed by atoms with van der Waals surface area (Å²) in [5.74, 6) is 0.384. The van der Waals surface area contributed by atoms with Crippen molar-refractivity contribution in [2.24, 2.45) is 0 Å². The van der Waals surface area contributed by atoms with Crippen LogP contribution in [0.25, 0.3) is 0 Å². The lowest BCUT2D eigenvalue weighted by Crippen LogP contribution is -2.27. The maximum Gasteiger partial charge on any atom is 0.131 e. The first-order chi connectivity index (χ1) is 12.2. The molecule has 4 heteroatoms. The fraction of sp³-hybridized carbons (Fsp3) is 0.429. The monoisotopic (exact) mass is 361 g/mol. The molecular formula is C21H25ClFNO. The summed E-state index contributed by atoms with van der Waals surface area (Å²) >= 11 is 6.02. The molecule has 2 aromatic carbocycles. The van der Waals surface area contributed by atoms with Gasteiger partial charge in [-0.15, -0.1) is 0 Å². The highest BCUT2D eigenvalue weighted by Gasteiger charge is 2.11. The largest absolute Gasteiger partial charge is 0.489 e. The van der Waals surface area contributed by atoms with Gasteiger partial charge in [0.2, 0.25) is 0 Å². The van der Waals surface area contributed by atoms with Crippen LogP contribution in [-0.4, -0.2) is 6.04 Å². The molecule has 0 spiro atoms. The summed E-state index contributed by atoms with van der Waals surface area (Å²) in [6, 6.07) is 13.3. The molecule has 1 fully saturated rings. The Morgan fingerprint density at radius 2 is 1.72 bits per heavy atom. The molecule has 0 atom stereocenters. The van der Waals surface area contributed by atoms with Crippen molar-refractivity contribution in [1.82, 2.24) is 5.32 Å². The summed E-state index contributed by atoms with van der Waals surface area (Å²) in [6.07, 6.45) is 7.98. The van der Waals surface area contributed by atoms with Crippen LogP contribution in [0, 0.1) is 5.82 Å². The summed E-state index contributed by atoms with van der Waals surface area (Å²) < 4.78 is 19.4. The summed E-state index contributed by atoms with van der Waals surface area (Å²) in [7, 11) is 0. The van der Waals surface area contributed by atoms with Gasteiger partial charge >= 0.3 is 0 Å². The van der Waals surface area contributed by atoms with Crippen molar-refractivity contribution in [3.63, 3.8) is 0 Å². The maximum absolute atomic E-state index is 13.8. The predicted octanol–water partition coefficient (Wildman–Crippen LogP) is 5.87. The summed E-state index contributed by atoms with van der Waals surface area (Å²) in [5.41, 5.74) is 1.63. The molecule has 1 aliphatic carbocycles. The van der Waals surface area contributed by atoms with Crippen LogP contribution in [0.5, 0.6) is 5.75 Å². The van der Waals surface area contributed by atoms with E-state index in [1.807, 2.05) is 12.1 Å². The second-order valence-electron chi connectivity index (χ2n) is 6.70. The van der Waals surface area contributed by atoms with E-state index in [1.165, 1.54) is 50.2 Å². The van der Waals surface area contributed by atoms with Crippen molar-refractivity contribution >= 4 is 11.6 Å². The lowest BCUT2D eigenvalue weighted by Gasteiger charge is -2.16. The molecule has 1 saturated carbocycles. The molecule has 0 radical (unpaired) electrons. The SMILES string of the molecule is Fc1cccc(Cl)c1COc1ccc(CNC2CCCCCC2)cc1. The lowest BCUT2D eigenvalue weighted by atomic mass is 10.1. The topological polar surface area (TPSA) is 21.3 Å². The van der Waals surface area contributed by atoms with Gasteiger partial charge in [0.15, 0.2) is 0 Å². The zero-order valence-corrected chi connectivity index (χ0v) is 15.2. The molecule has 0 amide bonds. The molecule has 3 rings (SSSR count). The number of benzene rings is 2. The minimum atomic E-state index is -0.336. The van der Waals surface area contributed by atoms with E-state index in [1.54, 1.807) is 12.1 Å². The van der Waals surface area contributed by atoms with Crippen LogP contribution < -0.4 is 10.1 Å². The molecule has 2 nitrogen and oxygen atoms in total. The van der Waals surface area contributed by atoms with Gasteiger partial charge in [0.05, 0.1) is 5.02 Å². The Bertz CT molecular complexity index is 646. The fourth-order valence-electron chi connectivity index (χ4n) is 3.27. The minimum absolute atomic E-state index is 0.130. The van der Waals surface area contributed by atoms with Crippen LogP contribution in [0.15, 0.2) is 42.5 Å². The molecule has 0 saturated heterocycles. The highest BCUT2D eigenvalue weighted by atomic mass is 35.5. The Balaban J connectivity index is 1.50. The summed E-state index contributed by atoms with van der Waals surface area (Å²) in [5, 5.41) is 4.06. The molecule has 0 aromatic heterocycles. The number of ether oxygens (including phenoxy) is 1. The van der Waals surface area contributed by atoms with Gasteiger partial charge in [-0.25, -0.2) is 4.39 Å². The summed E-state index contributed by atoms with van der Waals surface area (Å²) in [4.78, 5) is 0. The Morgan fingerprint density at radius 1 is 1.00 bits per heavy atom. The zero-order chi connectivity index (χ0) is 17.5.